The lowest BCUT2D eigenvalue weighted by molar-refractivity contribution is 0.373. The minimum atomic E-state index is 0.544. The normalized spacial score (nSPS) is 18.4. The van der Waals surface area contributed by atoms with Crippen molar-refractivity contribution in [1.29, 1.82) is 0 Å². The molecule has 0 amide bonds. The molecule has 0 fully saturated rings. The highest BCUT2D eigenvalue weighted by Gasteiger charge is 2.20. The van der Waals surface area contributed by atoms with E-state index in [1.54, 1.807) is 0 Å². The molecule has 1 unspecified atom stereocenters. The Labute approximate surface area is 83.4 Å². The number of rotatable bonds is 5. The first-order valence-corrected chi connectivity index (χ1v) is 5.30. The van der Waals surface area contributed by atoms with Crippen LogP contribution in [-0.2, 0) is 0 Å². The molecular formula is C12H25N. The van der Waals surface area contributed by atoms with Crippen LogP contribution < -0.4 is 5.73 Å². The molecule has 3 atom stereocenters. The topological polar surface area (TPSA) is 26.0 Å². The van der Waals surface area contributed by atoms with Gasteiger partial charge in [0, 0.05) is 0 Å². The van der Waals surface area contributed by atoms with Gasteiger partial charge in [-0.3, -0.25) is 0 Å². The maximum absolute atomic E-state index is 5.65. The Morgan fingerprint density at radius 1 is 1.08 bits per heavy atom. The van der Waals surface area contributed by atoms with E-state index in [1.165, 1.54) is 5.57 Å². The Morgan fingerprint density at radius 2 is 1.54 bits per heavy atom. The van der Waals surface area contributed by atoms with Crippen LogP contribution in [0.1, 0.15) is 34.6 Å². The highest BCUT2D eigenvalue weighted by atomic mass is 14.5. The van der Waals surface area contributed by atoms with Crippen LogP contribution >= 0.6 is 0 Å². The lowest BCUT2D eigenvalue weighted by Crippen LogP contribution is -2.23. The molecule has 0 aliphatic carbocycles. The molecular weight excluding hydrogens is 158 g/mol. The molecule has 13 heavy (non-hydrogen) atoms. The second-order valence-corrected chi connectivity index (χ2v) is 4.61. The lowest BCUT2D eigenvalue weighted by Gasteiger charge is -2.27. The van der Waals surface area contributed by atoms with E-state index < -0.39 is 0 Å². The van der Waals surface area contributed by atoms with Crippen LogP contribution in [-0.4, -0.2) is 6.54 Å². The fraction of sp³-hybridized carbons (Fsp3) is 0.833. The van der Waals surface area contributed by atoms with Crippen molar-refractivity contribution in [2.24, 2.45) is 29.4 Å². The molecule has 1 nitrogen and oxygen atoms in total. The van der Waals surface area contributed by atoms with Crippen LogP contribution in [0.5, 0.6) is 0 Å². The third kappa shape index (κ3) is 3.51. The molecule has 0 aromatic heterocycles. The Balaban J connectivity index is 4.25. The zero-order valence-corrected chi connectivity index (χ0v) is 9.80. The molecule has 2 N–H and O–H groups in total. The van der Waals surface area contributed by atoms with Crippen LogP contribution in [0.4, 0.5) is 0 Å². The smallest absolute Gasteiger partial charge is 0.00459 e. The van der Waals surface area contributed by atoms with E-state index in [0.717, 1.165) is 6.54 Å². The maximum Gasteiger partial charge on any atom is -0.00459 e. The zero-order chi connectivity index (χ0) is 10.6. The van der Waals surface area contributed by atoms with Crippen molar-refractivity contribution >= 4 is 0 Å². The SMILES string of the molecule is C=C([C@@H](C)C(C)C)[C@H](C)C(C)CN. The summed E-state index contributed by atoms with van der Waals surface area (Å²) in [5.41, 5.74) is 7.00. The molecule has 0 saturated carbocycles. The van der Waals surface area contributed by atoms with Gasteiger partial charge in [0.15, 0.2) is 0 Å². The van der Waals surface area contributed by atoms with Gasteiger partial charge in [0.1, 0.15) is 0 Å². The van der Waals surface area contributed by atoms with Gasteiger partial charge in [-0.25, -0.2) is 0 Å². The van der Waals surface area contributed by atoms with Crippen molar-refractivity contribution in [2.45, 2.75) is 34.6 Å². The Hall–Kier alpha value is -0.300. The largest absolute Gasteiger partial charge is 0.330 e. The van der Waals surface area contributed by atoms with Gasteiger partial charge >= 0.3 is 0 Å². The molecule has 0 saturated heterocycles. The molecule has 0 heterocycles. The predicted octanol–water partition coefficient (Wildman–Crippen LogP) is 3.07. The Morgan fingerprint density at radius 3 is 1.85 bits per heavy atom. The maximum atomic E-state index is 5.65. The molecule has 1 heteroatoms. The monoisotopic (exact) mass is 183 g/mol. The molecule has 0 aromatic carbocycles. The van der Waals surface area contributed by atoms with Crippen molar-refractivity contribution in [3.63, 3.8) is 0 Å². The minimum Gasteiger partial charge on any atom is -0.330 e. The first-order valence-electron chi connectivity index (χ1n) is 5.30. The number of nitrogens with two attached hydrogens (primary N) is 1. The molecule has 0 radical (unpaired) electrons. The minimum absolute atomic E-state index is 0.544. The summed E-state index contributed by atoms with van der Waals surface area (Å²) >= 11 is 0. The van der Waals surface area contributed by atoms with Gasteiger partial charge in [-0.15, -0.1) is 0 Å². The van der Waals surface area contributed by atoms with E-state index in [1.807, 2.05) is 0 Å². The van der Waals surface area contributed by atoms with E-state index >= 15 is 0 Å². The van der Waals surface area contributed by atoms with Crippen molar-refractivity contribution in [3.8, 4) is 0 Å². The summed E-state index contributed by atoms with van der Waals surface area (Å²) in [5, 5.41) is 0. The van der Waals surface area contributed by atoms with E-state index in [9.17, 15) is 0 Å². The number of hydrogen-bond donors (Lipinski definition) is 1. The summed E-state index contributed by atoms with van der Waals surface area (Å²) in [6, 6.07) is 0. The highest BCUT2D eigenvalue weighted by molar-refractivity contribution is 5.05. The molecule has 0 bridgehead atoms. The standard InChI is InChI=1S/C12H25N/c1-8(2)10(4)12(6)11(5)9(3)7-13/h8-11H,6-7,13H2,1-5H3/t9?,10-,11+/m0/s1. The average molecular weight is 183 g/mol. The van der Waals surface area contributed by atoms with Gasteiger partial charge in [0.2, 0.25) is 0 Å². The summed E-state index contributed by atoms with van der Waals surface area (Å²) in [4.78, 5) is 0. The van der Waals surface area contributed by atoms with Gasteiger partial charge in [0.25, 0.3) is 0 Å². The predicted molar refractivity (Wildman–Crippen MR) is 60.5 cm³/mol. The van der Waals surface area contributed by atoms with Gasteiger partial charge in [-0.1, -0.05) is 46.8 Å². The molecule has 0 rings (SSSR count). The molecule has 78 valence electrons. The lowest BCUT2D eigenvalue weighted by atomic mass is 9.79. The Bertz CT molecular complexity index is 161. The average Bonchev–Trinajstić information content (AvgIpc) is 2.12. The van der Waals surface area contributed by atoms with Crippen LogP contribution in [0.3, 0.4) is 0 Å². The van der Waals surface area contributed by atoms with E-state index in [0.29, 0.717) is 23.7 Å². The summed E-state index contributed by atoms with van der Waals surface area (Å²) in [6.45, 7) is 16.1. The molecule has 0 spiro atoms. The third-order valence-electron chi connectivity index (χ3n) is 3.40. The van der Waals surface area contributed by atoms with Crippen LogP contribution in [0.2, 0.25) is 0 Å². The summed E-state index contributed by atoms with van der Waals surface area (Å²) in [6.07, 6.45) is 0. The van der Waals surface area contributed by atoms with Gasteiger partial charge in [-0.2, -0.15) is 0 Å². The van der Waals surface area contributed by atoms with Crippen LogP contribution in [0, 0.1) is 23.7 Å². The van der Waals surface area contributed by atoms with E-state index in [4.69, 9.17) is 5.73 Å². The third-order valence-corrected chi connectivity index (χ3v) is 3.40. The van der Waals surface area contributed by atoms with Crippen molar-refractivity contribution in [1.82, 2.24) is 0 Å². The summed E-state index contributed by atoms with van der Waals surface area (Å²) in [5.74, 6) is 2.38. The van der Waals surface area contributed by atoms with Crippen molar-refractivity contribution < 1.29 is 0 Å². The zero-order valence-electron chi connectivity index (χ0n) is 9.80. The summed E-state index contributed by atoms with van der Waals surface area (Å²) < 4.78 is 0. The Kier molecular flexibility index (Phi) is 5.31. The van der Waals surface area contributed by atoms with Crippen LogP contribution in [0.25, 0.3) is 0 Å². The summed E-state index contributed by atoms with van der Waals surface area (Å²) in [7, 11) is 0. The quantitative estimate of drug-likeness (QED) is 0.651. The van der Waals surface area contributed by atoms with Gasteiger partial charge in [0.05, 0.1) is 0 Å². The van der Waals surface area contributed by atoms with E-state index in [2.05, 4.69) is 41.2 Å². The molecule has 0 aromatic rings. The fourth-order valence-electron chi connectivity index (χ4n) is 1.41. The highest BCUT2D eigenvalue weighted by Crippen LogP contribution is 2.28. The number of hydrogen-bond acceptors (Lipinski definition) is 1. The first-order chi connectivity index (χ1) is 5.91. The van der Waals surface area contributed by atoms with Crippen molar-refractivity contribution in [2.75, 3.05) is 6.54 Å². The van der Waals surface area contributed by atoms with Gasteiger partial charge in [-0.05, 0) is 30.2 Å². The second-order valence-electron chi connectivity index (χ2n) is 4.61. The fourth-order valence-corrected chi connectivity index (χ4v) is 1.41. The molecule has 0 aliphatic rings. The van der Waals surface area contributed by atoms with E-state index in [-0.39, 0.29) is 0 Å². The second kappa shape index (κ2) is 5.43. The van der Waals surface area contributed by atoms with Crippen molar-refractivity contribution in [3.05, 3.63) is 12.2 Å². The number of allylic oxidation sites excluding steroid dienone is 1. The van der Waals surface area contributed by atoms with Gasteiger partial charge < -0.3 is 5.73 Å². The molecule has 0 aliphatic heterocycles. The first kappa shape index (κ1) is 12.7. The van der Waals surface area contributed by atoms with Crippen LogP contribution in [0.15, 0.2) is 12.2 Å².